The van der Waals surface area contributed by atoms with E-state index in [4.69, 9.17) is 18.9 Å². The molecule has 2 heterocycles. The standard InChI is InChI=1S/C29H30F2N2O5/c30-22-5-1-4-20(12-22)15-32-29(34)28(38-24-7-2-6-23(31)14-24)18-33(17-25-8-3-11-35-25)16-21-9-10-26-27(13-21)37-19-36-26/h1-2,4-7,9-10,12-14,25,28H,3,8,11,15-19H2,(H,32,34). The molecule has 3 aromatic rings. The molecule has 1 saturated heterocycles. The molecule has 1 fully saturated rings. The highest BCUT2D eigenvalue weighted by atomic mass is 19.1. The molecule has 0 saturated carbocycles. The monoisotopic (exact) mass is 524 g/mol. The Bertz CT molecular complexity index is 1250. The maximum absolute atomic E-state index is 13.9. The predicted molar refractivity (Wildman–Crippen MR) is 136 cm³/mol. The Morgan fingerprint density at radius 2 is 1.82 bits per heavy atom. The van der Waals surface area contributed by atoms with Gasteiger partial charge in [-0.05, 0) is 60.4 Å². The number of hydrogen-bond acceptors (Lipinski definition) is 6. The first-order valence-electron chi connectivity index (χ1n) is 12.7. The fraction of sp³-hybridized carbons (Fsp3) is 0.345. The van der Waals surface area contributed by atoms with Crippen LogP contribution in [0.2, 0.25) is 0 Å². The van der Waals surface area contributed by atoms with Gasteiger partial charge in [0.2, 0.25) is 6.79 Å². The predicted octanol–water partition coefficient (Wildman–Crippen LogP) is 4.44. The van der Waals surface area contributed by atoms with Crippen molar-refractivity contribution in [2.24, 2.45) is 0 Å². The number of ether oxygens (including phenoxy) is 4. The average Bonchev–Trinajstić information content (AvgIpc) is 3.59. The molecule has 2 unspecified atom stereocenters. The summed E-state index contributed by atoms with van der Waals surface area (Å²) in [6.45, 7) is 2.35. The maximum atomic E-state index is 13.9. The Hall–Kier alpha value is -3.69. The Balaban J connectivity index is 1.34. The molecule has 0 radical (unpaired) electrons. The van der Waals surface area contributed by atoms with E-state index in [2.05, 4.69) is 10.2 Å². The van der Waals surface area contributed by atoms with Crippen LogP contribution in [-0.4, -0.2) is 49.5 Å². The molecule has 5 rings (SSSR count). The summed E-state index contributed by atoms with van der Waals surface area (Å²) >= 11 is 0. The number of carbonyl (C=O) groups excluding carboxylic acids is 1. The number of fused-ring (bicyclic) bond motifs is 1. The first-order valence-corrected chi connectivity index (χ1v) is 12.7. The van der Waals surface area contributed by atoms with Crippen LogP contribution in [0.15, 0.2) is 66.7 Å². The van der Waals surface area contributed by atoms with Crippen LogP contribution in [0.4, 0.5) is 8.78 Å². The maximum Gasteiger partial charge on any atom is 0.262 e. The van der Waals surface area contributed by atoms with Gasteiger partial charge in [-0.25, -0.2) is 8.78 Å². The van der Waals surface area contributed by atoms with Crippen molar-refractivity contribution < 1.29 is 32.5 Å². The zero-order chi connectivity index (χ0) is 26.3. The molecule has 0 aliphatic carbocycles. The molecular weight excluding hydrogens is 494 g/mol. The Morgan fingerprint density at radius 3 is 2.61 bits per heavy atom. The summed E-state index contributed by atoms with van der Waals surface area (Å²) in [4.78, 5) is 15.4. The van der Waals surface area contributed by atoms with Gasteiger partial charge in [0.1, 0.15) is 17.4 Å². The van der Waals surface area contributed by atoms with Crippen molar-refractivity contribution in [2.45, 2.75) is 38.1 Å². The van der Waals surface area contributed by atoms with Crippen molar-refractivity contribution in [3.63, 3.8) is 0 Å². The molecule has 0 spiro atoms. The van der Waals surface area contributed by atoms with Crippen molar-refractivity contribution in [3.05, 3.63) is 89.5 Å². The Kier molecular flexibility index (Phi) is 8.35. The number of nitrogens with one attached hydrogen (secondary N) is 1. The van der Waals surface area contributed by atoms with E-state index in [0.29, 0.717) is 36.8 Å². The van der Waals surface area contributed by atoms with E-state index in [0.717, 1.165) is 18.4 Å². The smallest absolute Gasteiger partial charge is 0.262 e. The van der Waals surface area contributed by atoms with Gasteiger partial charge < -0.3 is 24.3 Å². The second kappa shape index (κ2) is 12.2. The lowest BCUT2D eigenvalue weighted by Gasteiger charge is -2.29. The van der Waals surface area contributed by atoms with E-state index >= 15 is 0 Å². The minimum absolute atomic E-state index is 0.0363. The quantitative estimate of drug-likeness (QED) is 0.400. The summed E-state index contributed by atoms with van der Waals surface area (Å²) in [7, 11) is 0. The molecule has 1 amide bonds. The highest BCUT2D eigenvalue weighted by molar-refractivity contribution is 5.81. The lowest BCUT2D eigenvalue weighted by atomic mass is 10.1. The molecule has 2 aliphatic rings. The number of benzene rings is 3. The Morgan fingerprint density at radius 1 is 1.00 bits per heavy atom. The number of carbonyl (C=O) groups is 1. The second-order valence-electron chi connectivity index (χ2n) is 9.43. The van der Waals surface area contributed by atoms with Crippen LogP contribution in [0, 0.1) is 11.6 Å². The number of halogens is 2. The minimum atomic E-state index is -0.958. The van der Waals surface area contributed by atoms with Crippen molar-refractivity contribution >= 4 is 5.91 Å². The largest absolute Gasteiger partial charge is 0.479 e. The molecule has 0 bridgehead atoms. The average molecular weight is 525 g/mol. The molecule has 9 heteroatoms. The fourth-order valence-corrected chi connectivity index (χ4v) is 4.64. The fourth-order valence-electron chi connectivity index (χ4n) is 4.64. The first-order chi connectivity index (χ1) is 18.5. The van der Waals surface area contributed by atoms with Crippen LogP contribution in [0.5, 0.6) is 17.2 Å². The molecule has 38 heavy (non-hydrogen) atoms. The third kappa shape index (κ3) is 6.99. The topological polar surface area (TPSA) is 69.3 Å². The number of nitrogens with zero attached hydrogens (tertiary/aromatic N) is 1. The van der Waals surface area contributed by atoms with Gasteiger partial charge in [-0.2, -0.15) is 0 Å². The number of rotatable bonds is 11. The van der Waals surface area contributed by atoms with Crippen LogP contribution in [-0.2, 0) is 22.6 Å². The van der Waals surface area contributed by atoms with Crippen molar-refractivity contribution in [1.82, 2.24) is 10.2 Å². The molecule has 0 aromatic heterocycles. The molecule has 2 atom stereocenters. The van der Waals surface area contributed by atoms with E-state index in [1.807, 2.05) is 18.2 Å². The number of hydrogen-bond donors (Lipinski definition) is 1. The zero-order valence-corrected chi connectivity index (χ0v) is 20.9. The van der Waals surface area contributed by atoms with Crippen LogP contribution < -0.4 is 19.5 Å². The van der Waals surface area contributed by atoms with Gasteiger partial charge >= 0.3 is 0 Å². The highest BCUT2D eigenvalue weighted by Gasteiger charge is 2.27. The lowest BCUT2D eigenvalue weighted by Crippen LogP contribution is -2.47. The van der Waals surface area contributed by atoms with Gasteiger partial charge in [0.05, 0.1) is 6.10 Å². The summed E-state index contributed by atoms with van der Waals surface area (Å²) in [6.07, 6.45) is 0.994. The first kappa shape index (κ1) is 25.9. The lowest BCUT2D eigenvalue weighted by molar-refractivity contribution is -0.129. The van der Waals surface area contributed by atoms with E-state index in [1.54, 1.807) is 18.2 Å². The molecule has 200 valence electrons. The van der Waals surface area contributed by atoms with Crippen LogP contribution in [0.3, 0.4) is 0 Å². The normalized spacial score (nSPS) is 17.0. The van der Waals surface area contributed by atoms with Gasteiger partial charge in [-0.15, -0.1) is 0 Å². The third-order valence-corrected chi connectivity index (χ3v) is 6.48. The Labute approximate surface area is 220 Å². The summed E-state index contributed by atoms with van der Waals surface area (Å²) < 4.78 is 50.4. The van der Waals surface area contributed by atoms with Crippen LogP contribution in [0.1, 0.15) is 24.0 Å². The van der Waals surface area contributed by atoms with Crippen molar-refractivity contribution in [1.29, 1.82) is 0 Å². The van der Waals surface area contributed by atoms with E-state index < -0.39 is 11.9 Å². The molecule has 2 aliphatic heterocycles. The second-order valence-corrected chi connectivity index (χ2v) is 9.43. The summed E-state index contributed by atoms with van der Waals surface area (Å²) in [5, 5.41) is 2.84. The SMILES string of the molecule is O=C(NCc1cccc(F)c1)C(CN(Cc1ccc2c(c1)OCO2)CC1CCCO1)Oc1cccc(F)c1. The molecule has 1 N–H and O–H groups in total. The molecular formula is C29H30F2N2O5. The zero-order valence-electron chi connectivity index (χ0n) is 20.9. The number of amides is 1. The van der Waals surface area contributed by atoms with E-state index in [-0.39, 0.29) is 43.5 Å². The highest BCUT2D eigenvalue weighted by Crippen LogP contribution is 2.33. The van der Waals surface area contributed by atoms with Crippen molar-refractivity contribution in [2.75, 3.05) is 26.5 Å². The van der Waals surface area contributed by atoms with Gasteiger partial charge in [-0.1, -0.05) is 24.3 Å². The van der Waals surface area contributed by atoms with Gasteiger partial charge in [0, 0.05) is 38.9 Å². The third-order valence-electron chi connectivity index (χ3n) is 6.48. The minimum Gasteiger partial charge on any atom is -0.479 e. The van der Waals surface area contributed by atoms with Crippen molar-refractivity contribution in [3.8, 4) is 17.2 Å². The van der Waals surface area contributed by atoms with E-state index in [1.165, 1.54) is 30.3 Å². The van der Waals surface area contributed by atoms with E-state index in [9.17, 15) is 13.6 Å². The summed E-state index contributed by atoms with van der Waals surface area (Å²) in [5.41, 5.74) is 1.61. The van der Waals surface area contributed by atoms with Gasteiger partial charge in [0.25, 0.3) is 5.91 Å². The van der Waals surface area contributed by atoms with Gasteiger partial charge in [-0.3, -0.25) is 9.69 Å². The van der Waals surface area contributed by atoms with Gasteiger partial charge in [0.15, 0.2) is 17.6 Å². The summed E-state index contributed by atoms with van der Waals surface area (Å²) in [5.74, 6) is 0.398. The molecule has 7 nitrogen and oxygen atoms in total. The van der Waals surface area contributed by atoms with Crippen LogP contribution >= 0.6 is 0 Å². The van der Waals surface area contributed by atoms with Crippen LogP contribution in [0.25, 0.3) is 0 Å². The summed E-state index contributed by atoms with van der Waals surface area (Å²) in [6, 6.07) is 17.5. The molecule has 3 aromatic carbocycles.